The summed E-state index contributed by atoms with van der Waals surface area (Å²) in [6, 6.07) is 6.01. The molecular formula is C21H29N5O6. The molecule has 1 aromatic rings. The number of carbonyl (C=O) groups excluding carboxylic acids is 2. The van der Waals surface area contributed by atoms with Gasteiger partial charge in [-0.1, -0.05) is 18.2 Å². The van der Waals surface area contributed by atoms with Crippen molar-refractivity contribution in [1.82, 2.24) is 15.6 Å². The number of hydrogen-bond acceptors (Lipinski definition) is 10. The lowest BCUT2D eigenvalue weighted by Crippen LogP contribution is -2.46. The van der Waals surface area contributed by atoms with Gasteiger partial charge in [0.05, 0.1) is 42.4 Å². The van der Waals surface area contributed by atoms with Gasteiger partial charge in [0.15, 0.2) is 0 Å². The molecule has 1 heterocycles. The average Bonchev–Trinajstić information content (AvgIpc) is 2.79. The van der Waals surface area contributed by atoms with Crippen LogP contribution in [-0.2, 0) is 19.1 Å². The third-order valence-electron chi connectivity index (χ3n) is 5.46. The van der Waals surface area contributed by atoms with Gasteiger partial charge in [-0.2, -0.15) is 0 Å². The number of ether oxygens (including phenoxy) is 2. The minimum Gasteiger partial charge on any atom is -0.466 e. The number of methoxy groups -OCH3 is 2. The van der Waals surface area contributed by atoms with E-state index >= 15 is 0 Å². The first-order valence-corrected chi connectivity index (χ1v) is 9.98. The van der Waals surface area contributed by atoms with Crippen molar-refractivity contribution in [1.29, 1.82) is 0 Å². The molecule has 0 saturated heterocycles. The van der Waals surface area contributed by atoms with Crippen LogP contribution >= 0.6 is 0 Å². The Morgan fingerprint density at radius 1 is 1.16 bits per heavy atom. The molecule has 0 spiro atoms. The lowest BCUT2D eigenvalue weighted by atomic mass is 9.79. The fourth-order valence-electron chi connectivity index (χ4n) is 3.85. The van der Waals surface area contributed by atoms with Gasteiger partial charge in [0.25, 0.3) is 5.69 Å². The van der Waals surface area contributed by atoms with Crippen molar-refractivity contribution in [2.24, 2.45) is 5.84 Å². The number of para-hydroxylation sites is 1. The summed E-state index contributed by atoms with van der Waals surface area (Å²) in [6.07, 6.45) is -0.159. The Labute approximate surface area is 186 Å². The monoisotopic (exact) mass is 447 g/mol. The van der Waals surface area contributed by atoms with Crippen LogP contribution in [0, 0.1) is 10.1 Å². The van der Waals surface area contributed by atoms with Crippen LogP contribution in [0.1, 0.15) is 32.3 Å². The van der Waals surface area contributed by atoms with Gasteiger partial charge in [-0.15, -0.1) is 0 Å². The van der Waals surface area contributed by atoms with Crippen LogP contribution in [0.15, 0.2) is 46.8 Å². The molecule has 0 bridgehead atoms. The number of esters is 2. The summed E-state index contributed by atoms with van der Waals surface area (Å²) >= 11 is 0. The van der Waals surface area contributed by atoms with E-state index in [9.17, 15) is 19.7 Å². The highest BCUT2D eigenvalue weighted by Crippen LogP contribution is 2.45. The van der Waals surface area contributed by atoms with Gasteiger partial charge in [0.1, 0.15) is 0 Å². The molecule has 1 atom stereocenters. The number of carbonyl (C=O) groups is 2. The van der Waals surface area contributed by atoms with Crippen LogP contribution in [0.2, 0.25) is 0 Å². The van der Waals surface area contributed by atoms with Crippen molar-refractivity contribution in [3.63, 3.8) is 0 Å². The number of nitro benzene ring substituents is 1. The molecule has 0 saturated carbocycles. The molecule has 0 fully saturated rings. The minimum atomic E-state index is -1.02. The Morgan fingerprint density at radius 3 is 2.16 bits per heavy atom. The zero-order valence-corrected chi connectivity index (χ0v) is 18.8. The number of nitro groups is 1. The minimum absolute atomic E-state index is 0.137. The Kier molecular flexibility index (Phi) is 8.47. The van der Waals surface area contributed by atoms with Gasteiger partial charge in [0, 0.05) is 36.1 Å². The highest BCUT2D eigenvalue weighted by molar-refractivity contribution is 6.00. The fourth-order valence-corrected chi connectivity index (χ4v) is 3.85. The second kappa shape index (κ2) is 10.8. The Morgan fingerprint density at radius 2 is 1.69 bits per heavy atom. The molecule has 1 aromatic carbocycles. The van der Waals surface area contributed by atoms with Crippen LogP contribution in [0.25, 0.3) is 0 Å². The maximum absolute atomic E-state index is 12.9. The fraction of sp³-hybridized carbons (Fsp3) is 0.429. The van der Waals surface area contributed by atoms with E-state index in [4.69, 9.17) is 15.3 Å². The van der Waals surface area contributed by atoms with Crippen LogP contribution in [-0.4, -0.2) is 55.2 Å². The Bertz CT molecular complexity index is 918. The second-order valence-corrected chi connectivity index (χ2v) is 7.22. The molecule has 1 aliphatic rings. The predicted molar refractivity (Wildman–Crippen MR) is 117 cm³/mol. The number of nitrogens with one attached hydrogen (secondary N) is 2. The largest absolute Gasteiger partial charge is 0.466 e. The van der Waals surface area contributed by atoms with E-state index in [1.54, 1.807) is 24.8 Å². The first-order valence-electron chi connectivity index (χ1n) is 9.98. The smallest absolute Gasteiger partial charge is 0.336 e. The van der Waals surface area contributed by atoms with Gasteiger partial charge in [-0.3, -0.25) is 21.3 Å². The van der Waals surface area contributed by atoms with Crippen molar-refractivity contribution in [2.45, 2.75) is 32.9 Å². The van der Waals surface area contributed by atoms with E-state index in [0.29, 0.717) is 24.5 Å². The molecule has 174 valence electrons. The Hall–Kier alpha value is -3.28. The zero-order valence-electron chi connectivity index (χ0n) is 18.8. The molecular weight excluding hydrogens is 418 g/mol. The van der Waals surface area contributed by atoms with Crippen molar-refractivity contribution in [2.75, 3.05) is 27.3 Å². The quantitative estimate of drug-likeness (QED) is 0.166. The van der Waals surface area contributed by atoms with Crippen LogP contribution < -0.4 is 16.6 Å². The van der Waals surface area contributed by atoms with E-state index in [1.807, 2.05) is 6.92 Å². The second-order valence-electron chi connectivity index (χ2n) is 7.22. The number of benzene rings is 1. The lowest BCUT2D eigenvalue weighted by molar-refractivity contribution is -0.385. The molecule has 0 aromatic heterocycles. The number of hydrogen-bond donors (Lipinski definition) is 3. The molecule has 32 heavy (non-hydrogen) atoms. The Balaban J connectivity index is 2.72. The summed E-state index contributed by atoms with van der Waals surface area (Å²) < 4.78 is 10.0. The summed E-state index contributed by atoms with van der Waals surface area (Å²) in [7, 11) is 2.45. The molecule has 11 nitrogen and oxygen atoms in total. The summed E-state index contributed by atoms with van der Waals surface area (Å²) in [4.78, 5) is 38.7. The van der Waals surface area contributed by atoms with Crippen molar-refractivity contribution in [3.05, 3.63) is 62.5 Å². The summed E-state index contributed by atoms with van der Waals surface area (Å²) in [5.74, 6) is 3.01. The maximum atomic E-state index is 12.9. The van der Waals surface area contributed by atoms with E-state index in [2.05, 4.69) is 10.7 Å². The van der Waals surface area contributed by atoms with Gasteiger partial charge in [-0.25, -0.2) is 15.0 Å². The first-order chi connectivity index (χ1) is 15.2. The van der Waals surface area contributed by atoms with Crippen LogP contribution in [0.3, 0.4) is 0 Å². The first kappa shape index (κ1) is 25.0. The van der Waals surface area contributed by atoms with Gasteiger partial charge < -0.3 is 14.4 Å². The summed E-state index contributed by atoms with van der Waals surface area (Å²) in [6.45, 7) is 6.14. The normalized spacial score (nSPS) is 15.6. The van der Waals surface area contributed by atoms with Crippen molar-refractivity contribution in [3.8, 4) is 0 Å². The maximum Gasteiger partial charge on any atom is 0.336 e. The molecule has 1 aliphatic heterocycles. The topological polar surface area (TPSA) is 149 Å². The number of nitrogens with zero attached hydrogens (tertiary/aromatic N) is 2. The molecule has 1 unspecified atom stereocenters. The molecule has 11 heteroatoms. The van der Waals surface area contributed by atoms with Crippen molar-refractivity contribution >= 4 is 17.6 Å². The highest BCUT2D eigenvalue weighted by Gasteiger charge is 2.42. The SMILES string of the molecule is COC(=O)C1=C(C)N(CCNC(C)NN)C(C)=C(C(=O)OC)C1c1ccccc1[N+](=O)[O-]. The highest BCUT2D eigenvalue weighted by atomic mass is 16.6. The summed E-state index contributed by atoms with van der Waals surface area (Å²) in [5.41, 5.74) is 3.90. The molecule has 0 amide bonds. The van der Waals surface area contributed by atoms with E-state index < -0.39 is 22.8 Å². The average molecular weight is 447 g/mol. The van der Waals surface area contributed by atoms with E-state index in [-0.39, 0.29) is 28.6 Å². The van der Waals surface area contributed by atoms with E-state index in [1.165, 1.54) is 32.4 Å². The number of allylic oxidation sites excluding steroid dienone is 2. The molecule has 2 rings (SSSR count). The molecule has 0 radical (unpaired) electrons. The number of rotatable bonds is 9. The van der Waals surface area contributed by atoms with Gasteiger partial charge in [0.2, 0.25) is 0 Å². The van der Waals surface area contributed by atoms with Gasteiger partial charge in [-0.05, 0) is 20.8 Å². The third kappa shape index (κ3) is 4.96. The predicted octanol–water partition coefficient (Wildman–Crippen LogP) is 1.29. The van der Waals surface area contributed by atoms with Crippen molar-refractivity contribution < 1.29 is 24.0 Å². The lowest BCUT2D eigenvalue weighted by Gasteiger charge is -2.37. The number of nitrogens with two attached hydrogens (primary N) is 1. The van der Waals surface area contributed by atoms with Gasteiger partial charge >= 0.3 is 11.9 Å². The zero-order chi connectivity index (χ0) is 24.0. The van der Waals surface area contributed by atoms with E-state index in [0.717, 1.165) is 0 Å². The molecule has 0 aliphatic carbocycles. The summed E-state index contributed by atoms with van der Waals surface area (Å²) in [5, 5.41) is 14.9. The van der Waals surface area contributed by atoms with Crippen LogP contribution in [0.4, 0.5) is 5.69 Å². The standard InChI is InChI=1S/C21H29N5O6/c1-12-17(20(27)31-4)19(15-8-6-7-9-16(15)26(29)30)18(21(28)32-5)13(2)25(12)11-10-23-14(3)24-22/h6-9,14,19,23-24H,10-11,22H2,1-5H3. The van der Waals surface area contributed by atoms with Crippen LogP contribution in [0.5, 0.6) is 0 Å². The third-order valence-corrected chi connectivity index (χ3v) is 5.46. The number of hydrazine groups is 1. The molecule has 4 N–H and O–H groups in total.